The number of amidine groups is 1. The largest absolute Gasteiger partial charge is 0.376 e. The molecule has 0 fully saturated rings. The summed E-state index contributed by atoms with van der Waals surface area (Å²) < 4.78 is 0. The van der Waals surface area contributed by atoms with Crippen LogP contribution in [-0.4, -0.2) is 54.1 Å². The third-order valence-electron chi connectivity index (χ3n) is 9.86. The van der Waals surface area contributed by atoms with E-state index in [-0.39, 0.29) is 17.2 Å². The first-order valence-electron chi connectivity index (χ1n) is 13.8. The van der Waals surface area contributed by atoms with Crippen molar-refractivity contribution >= 4 is 5.84 Å². The Balaban J connectivity index is 1.49. The summed E-state index contributed by atoms with van der Waals surface area (Å²) in [6, 6.07) is 0.309. The maximum atomic E-state index is 5.05. The van der Waals surface area contributed by atoms with E-state index in [0.717, 1.165) is 37.3 Å². The maximum absolute atomic E-state index is 5.05. The lowest BCUT2D eigenvalue weighted by Gasteiger charge is -2.59. The Morgan fingerprint density at radius 3 is 2.58 bits per heavy atom. The zero-order valence-corrected chi connectivity index (χ0v) is 23.5. The Bertz CT molecular complexity index is 1130. The van der Waals surface area contributed by atoms with Gasteiger partial charge in [-0.3, -0.25) is 4.90 Å². The summed E-state index contributed by atoms with van der Waals surface area (Å²) in [6.07, 6.45) is 19.5. The van der Waals surface area contributed by atoms with Crippen molar-refractivity contribution in [3.05, 3.63) is 70.6 Å². The zero-order chi connectivity index (χ0) is 25.8. The van der Waals surface area contributed by atoms with E-state index in [4.69, 9.17) is 4.99 Å². The van der Waals surface area contributed by atoms with Crippen LogP contribution in [0.15, 0.2) is 75.6 Å². The third-order valence-corrected chi connectivity index (χ3v) is 9.86. The fourth-order valence-electron chi connectivity index (χ4n) is 6.94. The number of likely N-dealkylation sites (N-methyl/N-ethyl adjacent to an activating group) is 1. The van der Waals surface area contributed by atoms with Crippen LogP contribution in [0.4, 0.5) is 0 Å². The molecule has 0 amide bonds. The Morgan fingerprint density at radius 2 is 1.86 bits per heavy atom. The predicted molar refractivity (Wildman–Crippen MR) is 151 cm³/mol. The average molecular weight is 488 g/mol. The minimum absolute atomic E-state index is 0.0392. The molecule has 2 aliphatic carbocycles. The molecule has 0 radical (unpaired) electrons. The number of aliphatic imine (C=N–C) groups is 1. The smallest absolute Gasteiger partial charge is 0.147 e. The molecule has 0 aromatic carbocycles. The monoisotopic (exact) mass is 487 g/mol. The Hall–Kier alpha value is -2.53. The van der Waals surface area contributed by atoms with Gasteiger partial charge in [0.05, 0.1) is 11.4 Å². The summed E-state index contributed by atoms with van der Waals surface area (Å²) in [5.41, 5.74) is 6.91. The summed E-state index contributed by atoms with van der Waals surface area (Å²) in [5, 5.41) is 7.54. The van der Waals surface area contributed by atoms with Gasteiger partial charge in [-0.25, -0.2) is 4.99 Å². The molecule has 36 heavy (non-hydrogen) atoms. The Kier molecular flexibility index (Phi) is 6.35. The Morgan fingerprint density at radius 1 is 1.08 bits per heavy atom. The minimum atomic E-state index is -0.233. The van der Waals surface area contributed by atoms with Gasteiger partial charge in [0, 0.05) is 30.7 Å². The van der Waals surface area contributed by atoms with Gasteiger partial charge in [0.25, 0.3) is 0 Å². The van der Waals surface area contributed by atoms with E-state index >= 15 is 0 Å². The molecule has 5 nitrogen and oxygen atoms in total. The first-order chi connectivity index (χ1) is 17.0. The van der Waals surface area contributed by atoms with Gasteiger partial charge >= 0.3 is 0 Å². The van der Waals surface area contributed by atoms with E-state index in [0.29, 0.717) is 17.9 Å². The molecule has 3 heterocycles. The number of nitrogens with zero attached hydrogens (tertiary/aromatic N) is 3. The van der Waals surface area contributed by atoms with Crippen molar-refractivity contribution in [3.63, 3.8) is 0 Å². The van der Waals surface area contributed by atoms with E-state index in [1.165, 1.54) is 11.3 Å². The van der Waals surface area contributed by atoms with Gasteiger partial charge < -0.3 is 15.5 Å². The van der Waals surface area contributed by atoms with Crippen LogP contribution in [0.25, 0.3) is 0 Å². The van der Waals surface area contributed by atoms with Crippen molar-refractivity contribution in [2.45, 2.75) is 78.7 Å². The number of dihydropyridines is 1. The SMILES string of the molecule is CC1C=CC=C(C2=NC(C)N(C)C(C)(C3(C)CC=C(C4=C5C(=CCC4C)C=CCN5C)CC3C)N2)N1. The highest BCUT2D eigenvalue weighted by Gasteiger charge is 2.54. The van der Waals surface area contributed by atoms with Gasteiger partial charge in [0.15, 0.2) is 0 Å². The standard InChI is InChI=1S/C31H45N5/c1-20-14-15-24-12-10-18-35(7)28(24)27(20)25-16-17-30(5,21(2)19-25)31(6)34-29(33-23(4)36(31)8)26-13-9-11-22(3)32-26/h9-13,15-16,20-23,32H,14,17-19H2,1-8H3,(H,33,34). The van der Waals surface area contributed by atoms with Gasteiger partial charge in [-0.05, 0) is 81.7 Å². The number of rotatable bonds is 3. The van der Waals surface area contributed by atoms with Crippen molar-refractivity contribution in [1.29, 1.82) is 0 Å². The molecule has 0 saturated carbocycles. The van der Waals surface area contributed by atoms with Gasteiger partial charge in [0.2, 0.25) is 0 Å². The second-order valence-corrected chi connectivity index (χ2v) is 12.1. The lowest BCUT2D eigenvalue weighted by atomic mass is 9.60. The first-order valence-corrected chi connectivity index (χ1v) is 13.8. The molecule has 5 heteroatoms. The molecule has 0 bridgehead atoms. The number of hydrogen-bond acceptors (Lipinski definition) is 5. The summed E-state index contributed by atoms with van der Waals surface area (Å²) in [5.74, 6) is 2.05. The van der Waals surface area contributed by atoms with Crippen molar-refractivity contribution in [1.82, 2.24) is 20.4 Å². The first kappa shape index (κ1) is 25.1. The molecule has 0 aromatic heterocycles. The van der Waals surface area contributed by atoms with Crippen molar-refractivity contribution in [2.75, 3.05) is 20.6 Å². The highest BCUT2D eigenvalue weighted by molar-refractivity contribution is 5.99. The van der Waals surface area contributed by atoms with Crippen molar-refractivity contribution < 1.29 is 0 Å². The van der Waals surface area contributed by atoms with E-state index in [1.54, 1.807) is 11.1 Å². The molecule has 6 unspecified atom stereocenters. The summed E-state index contributed by atoms with van der Waals surface area (Å²) in [4.78, 5) is 9.93. The summed E-state index contributed by atoms with van der Waals surface area (Å²) in [7, 11) is 4.48. The lowest BCUT2D eigenvalue weighted by molar-refractivity contribution is -0.0694. The third kappa shape index (κ3) is 3.91. The highest BCUT2D eigenvalue weighted by Crippen LogP contribution is 2.52. The second kappa shape index (κ2) is 9.09. The van der Waals surface area contributed by atoms with E-state index in [9.17, 15) is 0 Å². The number of hydrogen-bond donors (Lipinski definition) is 2. The number of allylic oxidation sites excluding steroid dienone is 7. The van der Waals surface area contributed by atoms with E-state index < -0.39 is 0 Å². The van der Waals surface area contributed by atoms with Gasteiger partial charge in [-0.15, -0.1) is 0 Å². The van der Waals surface area contributed by atoms with Gasteiger partial charge in [-0.2, -0.15) is 0 Å². The number of nitrogens with one attached hydrogen (secondary N) is 2. The summed E-state index contributed by atoms with van der Waals surface area (Å²) in [6.45, 7) is 15.1. The van der Waals surface area contributed by atoms with E-state index in [2.05, 4.69) is 119 Å². The van der Waals surface area contributed by atoms with Crippen LogP contribution in [0, 0.1) is 17.3 Å². The van der Waals surface area contributed by atoms with Crippen LogP contribution in [0.3, 0.4) is 0 Å². The molecule has 6 atom stereocenters. The van der Waals surface area contributed by atoms with Gasteiger partial charge in [-0.1, -0.05) is 57.2 Å². The number of fused-ring (bicyclic) bond motifs is 1. The fourth-order valence-corrected chi connectivity index (χ4v) is 6.94. The zero-order valence-electron chi connectivity index (χ0n) is 23.5. The van der Waals surface area contributed by atoms with Crippen molar-refractivity contribution in [2.24, 2.45) is 22.2 Å². The van der Waals surface area contributed by atoms with Crippen LogP contribution < -0.4 is 10.6 Å². The minimum Gasteiger partial charge on any atom is -0.376 e. The topological polar surface area (TPSA) is 42.9 Å². The molecule has 3 aliphatic heterocycles. The average Bonchev–Trinajstić information content (AvgIpc) is 2.84. The second-order valence-electron chi connectivity index (χ2n) is 12.1. The molecule has 5 aliphatic rings. The summed E-state index contributed by atoms with van der Waals surface area (Å²) >= 11 is 0. The molecule has 0 aromatic rings. The lowest BCUT2D eigenvalue weighted by Crippen LogP contribution is -2.72. The highest BCUT2D eigenvalue weighted by atomic mass is 15.4. The molecule has 0 spiro atoms. The Labute approximate surface area is 218 Å². The fraction of sp³-hybridized carbons (Fsp3) is 0.581. The molecule has 5 rings (SSSR count). The van der Waals surface area contributed by atoms with Crippen LogP contribution in [0.1, 0.15) is 60.8 Å². The van der Waals surface area contributed by atoms with Crippen LogP contribution in [-0.2, 0) is 0 Å². The maximum Gasteiger partial charge on any atom is 0.147 e. The quantitative estimate of drug-likeness (QED) is 0.552. The normalized spacial score (nSPS) is 38.9. The molecule has 2 N–H and O–H groups in total. The van der Waals surface area contributed by atoms with Gasteiger partial charge in [0.1, 0.15) is 12.0 Å². The molecule has 0 saturated heterocycles. The van der Waals surface area contributed by atoms with Crippen LogP contribution in [0.2, 0.25) is 0 Å². The molecular weight excluding hydrogens is 442 g/mol. The predicted octanol–water partition coefficient (Wildman–Crippen LogP) is 5.50. The van der Waals surface area contributed by atoms with Crippen molar-refractivity contribution in [3.8, 4) is 0 Å². The van der Waals surface area contributed by atoms with Crippen LogP contribution >= 0.6 is 0 Å². The van der Waals surface area contributed by atoms with Crippen LogP contribution in [0.5, 0.6) is 0 Å². The molecular formula is C31H45N5. The molecule has 194 valence electrons. The van der Waals surface area contributed by atoms with E-state index in [1.807, 2.05) is 0 Å².